The maximum absolute atomic E-state index is 5.51. The van der Waals surface area contributed by atoms with Crippen molar-refractivity contribution in [1.82, 2.24) is 0 Å². The topological polar surface area (TPSA) is 26.0 Å². The Bertz CT molecular complexity index is 44.8. The van der Waals surface area contributed by atoms with Crippen molar-refractivity contribution in [3.8, 4) is 0 Å². The summed E-state index contributed by atoms with van der Waals surface area (Å²) in [5.74, 6) is 1.59. The van der Waals surface area contributed by atoms with E-state index in [2.05, 4.69) is 13.8 Å². The number of halogens is 1. The summed E-state index contributed by atoms with van der Waals surface area (Å²) in [4.78, 5) is 0. The molecule has 2 heteroatoms. The molecule has 2 atom stereocenters. The first kappa shape index (κ1) is 7.25. The fourth-order valence-electron chi connectivity index (χ4n) is 0.701. The minimum absolute atomic E-state index is 0. The Labute approximate surface area is 50.7 Å². The zero-order valence-electron chi connectivity index (χ0n) is 4.72. The van der Waals surface area contributed by atoms with Crippen molar-refractivity contribution in [1.29, 1.82) is 0 Å². The summed E-state index contributed by atoms with van der Waals surface area (Å²) in [6.07, 6.45) is 0. The highest BCUT2D eigenvalue weighted by Crippen LogP contribution is 2.34. The summed E-state index contributed by atoms with van der Waals surface area (Å²) in [7, 11) is 0. The zero-order chi connectivity index (χ0) is 4.73. The lowest BCUT2D eigenvalue weighted by Crippen LogP contribution is -2.01. The summed E-state index contributed by atoms with van der Waals surface area (Å²) in [6.45, 7) is 4.38. The third kappa shape index (κ3) is 1.07. The molecular formula is C5H12ClN. The van der Waals surface area contributed by atoms with E-state index in [9.17, 15) is 0 Å². The molecule has 0 aromatic carbocycles. The Morgan fingerprint density at radius 2 is 1.29 bits per heavy atom. The Morgan fingerprint density at radius 3 is 1.29 bits per heavy atom. The molecule has 2 unspecified atom stereocenters. The quantitative estimate of drug-likeness (QED) is 0.509. The van der Waals surface area contributed by atoms with Crippen molar-refractivity contribution in [2.75, 3.05) is 0 Å². The van der Waals surface area contributed by atoms with Gasteiger partial charge in [-0.05, 0) is 11.8 Å². The van der Waals surface area contributed by atoms with Crippen LogP contribution in [0.2, 0.25) is 0 Å². The second-order valence-electron chi connectivity index (χ2n) is 2.30. The lowest BCUT2D eigenvalue weighted by atomic mass is 10.4. The van der Waals surface area contributed by atoms with Crippen LogP contribution in [0, 0.1) is 11.8 Å². The van der Waals surface area contributed by atoms with Gasteiger partial charge in [0.15, 0.2) is 0 Å². The monoisotopic (exact) mass is 121 g/mol. The molecule has 0 heterocycles. The van der Waals surface area contributed by atoms with Crippen LogP contribution >= 0.6 is 12.4 Å². The van der Waals surface area contributed by atoms with Gasteiger partial charge in [0.2, 0.25) is 0 Å². The Morgan fingerprint density at radius 1 is 1.14 bits per heavy atom. The van der Waals surface area contributed by atoms with Gasteiger partial charge in [-0.25, -0.2) is 0 Å². The number of hydrogen-bond donors (Lipinski definition) is 1. The van der Waals surface area contributed by atoms with Crippen LogP contribution in [0.3, 0.4) is 0 Å². The molecule has 0 aromatic heterocycles. The van der Waals surface area contributed by atoms with E-state index >= 15 is 0 Å². The molecule has 2 N–H and O–H groups in total. The highest BCUT2D eigenvalue weighted by Gasteiger charge is 2.38. The third-order valence-electron chi connectivity index (χ3n) is 1.90. The van der Waals surface area contributed by atoms with Crippen LogP contribution in [0.25, 0.3) is 0 Å². The molecule has 0 bridgehead atoms. The van der Waals surface area contributed by atoms with Crippen molar-refractivity contribution in [2.24, 2.45) is 17.6 Å². The van der Waals surface area contributed by atoms with Crippen LogP contribution in [-0.2, 0) is 0 Å². The van der Waals surface area contributed by atoms with E-state index in [-0.39, 0.29) is 12.4 Å². The molecule has 1 rings (SSSR count). The van der Waals surface area contributed by atoms with Crippen LogP contribution in [0.4, 0.5) is 0 Å². The first-order chi connectivity index (χ1) is 2.73. The minimum Gasteiger partial charge on any atom is -0.327 e. The lowest BCUT2D eigenvalue weighted by Gasteiger charge is -1.69. The van der Waals surface area contributed by atoms with Gasteiger partial charge in [-0.1, -0.05) is 13.8 Å². The van der Waals surface area contributed by atoms with Gasteiger partial charge in [-0.15, -0.1) is 12.4 Å². The van der Waals surface area contributed by atoms with Crippen molar-refractivity contribution >= 4 is 12.4 Å². The molecule has 1 fully saturated rings. The maximum atomic E-state index is 5.51. The highest BCUT2D eigenvalue weighted by molar-refractivity contribution is 5.85. The first-order valence-corrected chi connectivity index (χ1v) is 2.49. The smallest absolute Gasteiger partial charge is 0.00966 e. The Hall–Kier alpha value is 0.250. The van der Waals surface area contributed by atoms with Crippen molar-refractivity contribution in [2.45, 2.75) is 19.9 Å². The van der Waals surface area contributed by atoms with Crippen LogP contribution in [0.5, 0.6) is 0 Å². The minimum atomic E-state index is 0. The molecule has 0 radical (unpaired) electrons. The number of hydrogen-bond acceptors (Lipinski definition) is 1. The van der Waals surface area contributed by atoms with Crippen LogP contribution < -0.4 is 5.73 Å². The van der Waals surface area contributed by atoms with Gasteiger partial charge < -0.3 is 5.73 Å². The predicted octanol–water partition coefficient (Wildman–Crippen LogP) is 1.02. The second-order valence-corrected chi connectivity index (χ2v) is 2.30. The molecule has 0 amide bonds. The Kier molecular flexibility index (Phi) is 2.09. The summed E-state index contributed by atoms with van der Waals surface area (Å²) in [5, 5.41) is 0. The highest BCUT2D eigenvalue weighted by atomic mass is 35.5. The average Bonchev–Trinajstić information content (AvgIpc) is 1.94. The molecule has 7 heavy (non-hydrogen) atoms. The van der Waals surface area contributed by atoms with Crippen molar-refractivity contribution < 1.29 is 0 Å². The van der Waals surface area contributed by atoms with Gasteiger partial charge in [-0.2, -0.15) is 0 Å². The van der Waals surface area contributed by atoms with Crippen LogP contribution in [0.15, 0.2) is 0 Å². The standard InChI is InChI=1S/C5H11N.ClH/c1-3-4(2)5(3)6;/h3-5H,6H2,1-2H3;1H. The largest absolute Gasteiger partial charge is 0.327 e. The summed E-state index contributed by atoms with van der Waals surface area (Å²) < 4.78 is 0. The van der Waals surface area contributed by atoms with Gasteiger partial charge in [0.1, 0.15) is 0 Å². The van der Waals surface area contributed by atoms with Crippen molar-refractivity contribution in [3.63, 3.8) is 0 Å². The third-order valence-corrected chi connectivity index (χ3v) is 1.90. The fraction of sp³-hybridized carbons (Fsp3) is 1.00. The lowest BCUT2D eigenvalue weighted by molar-refractivity contribution is 0.834. The summed E-state index contributed by atoms with van der Waals surface area (Å²) >= 11 is 0. The van der Waals surface area contributed by atoms with E-state index in [1.165, 1.54) is 0 Å². The van der Waals surface area contributed by atoms with Gasteiger partial charge in [-0.3, -0.25) is 0 Å². The molecule has 1 saturated carbocycles. The summed E-state index contributed by atoms with van der Waals surface area (Å²) in [5.41, 5.74) is 5.51. The van der Waals surface area contributed by atoms with Gasteiger partial charge in [0.25, 0.3) is 0 Å². The van der Waals surface area contributed by atoms with Gasteiger partial charge in [0, 0.05) is 6.04 Å². The van der Waals surface area contributed by atoms with Gasteiger partial charge in [0.05, 0.1) is 0 Å². The predicted molar refractivity (Wildman–Crippen MR) is 33.6 cm³/mol. The molecule has 0 aliphatic heterocycles. The van der Waals surface area contributed by atoms with E-state index in [0.29, 0.717) is 6.04 Å². The average molecular weight is 122 g/mol. The molecule has 0 aromatic rings. The normalized spacial score (nSPS) is 47.6. The number of rotatable bonds is 0. The van der Waals surface area contributed by atoms with Crippen LogP contribution in [-0.4, -0.2) is 6.04 Å². The van der Waals surface area contributed by atoms with Crippen LogP contribution in [0.1, 0.15) is 13.8 Å². The molecule has 0 saturated heterocycles. The molecule has 1 aliphatic rings. The van der Waals surface area contributed by atoms with E-state index in [0.717, 1.165) is 11.8 Å². The van der Waals surface area contributed by atoms with E-state index in [1.54, 1.807) is 0 Å². The SMILES string of the molecule is CC1C(C)C1N.Cl. The molecule has 1 aliphatic carbocycles. The first-order valence-electron chi connectivity index (χ1n) is 2.49. The van der Waals surface area contributed by atoms with Gasteiger partial charge >= 0.3 is 0 Å². The second kappa shape index (κ2) is 2.01. The molecule has 0 spiro atoms. The summed E-state index contributed by atoms with van der Waals surface area (Å²) in [6, 6.07) is 0.519. The number of nitrogens with two attached hydrogens (primary N) is 1. The zero-order valence-corrected chi connectivity index (χ0v) is 5.53. The van der Waals surface area contributed by atoms with E-state index < -0.39 is 0 Å². The molecule has 1 nitrogen and oxygen atoms in total. The Balaban J connectivity index is 0.000000360. The van der Waals surface area contributed by atoms with E-state index in [1.807, 2.05) is 0 Å². The molecular weight excluding hydrogens is 110 g/mol. The van der Waals surface area contributed by atoms with E-state index in [4.69, 9.17) is 5.73 Å². The van der Waals surface area contributed by atoms with Crippen molar-refractivity contribution in [3.05, 3.63) is 0 Å². The maximum Gasteiger partial charge on any atom is 0.00966 e. The fourth-order valence-corrected chi connectivity index (χ4v) is 0.701. The molecule has 44 valence electrons.